The number of para-hydroxylation sites is 1. The molecule has 0 aromatic heterocycles. The highest BCUT2D eigenvalue weighted by molar-refractivity contribution is 6.30. The summed E-state index contributed by atoms with van der Waals surface area (Å²) >= 11 is 5.83. The van der Waals surface area contributed by atoms with Crippen LogP contribution in [0, 0.1) is 5.82 Å². The summed E-state index contributed by atoms with van der Waals surface area (Å²) in [6, 6.07) is 18.8. The molecule has 0 saturated heterocycles. The van der Waals surface area contributed by atoms with Crippen molar-refractivity contribution in [2.75, 3.05) is 10.6 Å². The van der Waals surface area contributed by atoms with Crippen LogP contribution in [0.4, 0.5) is 15.8 Å². The highest BCUT2D eigenvalue weighted by atomic mass is 35.5. The van der Waals surface area contributed by atoms with Crippen LogP contribution in [0.1, 0.15) is 20.7 Å². The van der Waals surface area contributed by atoms with Crippen molar-refractivity contribution in [3.63, 3.8) is 0 Å². The second-order valence-electron chi connectivity index (χ2n) is 5.44. The average Bonchev–Trinajstić information content (AvgIpc) is 2.64. The molecule has 3 rings (SSSR count). The van der Waals surface area contributed by atoms with E-state index >= 15 is 0 Å². The van der Waals surface area contributed by atoms with Gasteiger partial charge >= 0.3 is 0 Å². The minimum absolute atomic E-state index is 0.0968. The lowest BCUT2D eigenvalue weighted by atomic mass is 10.1. The van der Waals surface area contributed by atoms with Gasteiger partial charge in [-0.15, -0.1) is 0 Å². The Morgan fingerprint density at radius 1 is 0.731 bits per heavy atom. The van der Waals surface area contributed by atoms with Gasteiger partial charge in [0.15, 0.2) is 0 Å². The predicted molar refractivity (Wildman–Crippen MR) is 100 cm³/mol. The number of hydrogen-bond donors (Lipinski definition) is 2. The van der Waals surface area contributed by atoms with Gasteiger partial charge in [0.05, 0.1) is 16.8 Å². The van der Waals surface area contributed by atoms with Crippen molar-refractivity contribution in [1.29, 1.82) is 0 Å². The highest BCUT2D eigenvalue weighted by Crippen LogP contribution is 2.20. The number of rotatable bonds is 4. The van der Waals surface area contributed by atoms with Crippen molar-refractivity contribution in [2.45, 2.75) is 0 Å². The third kappa shape index (κ3) is 4.07. The fourth-order valence-electron chi connectivity index (χ4n) is 2.36. The van der Waals surface area contributed by atoms with E-state index in [0.29, 0.717) is 10.7 Å². The fraction of sp³-hybridized carbons (Fsp3) is 0. The minimum atomic E-state index is -0.631. The largest absolute Gasteiger partial charge is 0.322 e. The molecule has 0 atom stereocenters. The highest BCUT2D eigenvalue weighted by Gasteiger charge is 2.16. The van der Waals surface area contributed by atoms with Crippen molar-refractivity contribution >= 4 is 34.8 Å². The summed E-state index contributed by atoms with van der Waals surface area (Å²) in [7, 11) is 0. The minimum Gasteiger partial charge on any atom is -0.322 e. The molecule has 3 aromatic rings. The molecule has 3 aromatic carbocycles. The van der Waals surface area contributed by atoms with Gasteiger partial charge in [0.25, 0.3) is 11.8 Å². The maximum Gasteiger partial charge on any atom is 0.258 e. The number of benzene rings is 3. The molecule has 0 saturated carbocycles. The van der Waals surface area contributed by atoms with Crippen LogP contribution in [-0.4, -0.2) is 11.8 Å². The lowest BCUT2D eigenvalue weighted by Crippen LogP contribution is -2.19. The van der Waals surface area contributed by atoms with E-state index in [0.717, 1.165) is 0 Å². The summed E-state index contributed by atoms with van der Waals surface area (Å²) in [5, 5.41) is 5.87. The van der Waals surface area contributed by atoms with E-state index in [9.17, 15) is 14.0 Å². The Labute approximate surface area is 154 Å². The average molecular weight is 369 g/mol. The molecule has 0 heterocycles. The summed E-state index contributed by atoms with van der Waals surface area (Å²) in [5.74, 6) is -1.67. The fourth-order valence-corrected chi connectivity index (χ4v) is 2.48. The molecule has 0 spiro atoms. The van der Waals surface area contributed by atoms with E-state index in [1.165, 1.54) is 18.2 Å². The molecule has 0 bridgehead atoms. The zero-order valence-electron chi connectivity index (χ0n) is 13.5. The van der Waals surface area contributed by atoms with Crippen LogP contribution in [0.5, 0.6) is 0 Å². The first-order valence-electron chi connectivity index (χ1n) is 7.76. The Morgan fingerprint density at radius 3 is 2.00 bits per heavy atom. The molecule has 2 amide bonds. The summed E-state index contributed by atoms with van der Waals surface area (Å²) in [6.45, 7) is 0. The number of halogens is 2. The number of amides is 2. The second-order valence-corrected chi connectivity index (χ2v) is 5.88. The van der Waals surface area contributed by atoms with Crippen LogP contribution in [0.2, 0.25) is 5.02 Å². The smallest absolute Gasteiger partial charge is 0.258 e. The van der Waals surface area contributed by atoms with Gasteiger partial charge < -0.3 is 10.6 Å². The first-order chi connectivity index (χ1) is 12.5. The Kier molecular flexibility index (Phi) is 5.29. The lowest BCUT2D eigenvalue weighted by Gasteiger charge is -2.12. The Balaban J connectivity index is 1.81. The number of carbonyl (C=O) groups excluding carboxylic acids is 2. The van der Waals surface area contributed by atoms with Crippen LogP contribution in [0.25, 0.3) is 0 Å². The van der Waals surface area contributed by atoms with E-state index < -0.39 is 17.6 Å². The SMILES string of the molecule is O=C(Nc1ccccc1C(=O)Nc1ccc(Cl)cc1)c1ccccc1F. The zero-order chi connectivity index (χ0) is 18.5. The topological polar surface area (TPSA) is 58.2 Å². The molecule has 2 N–H and O–H groups in total. The molecule has 4 nitrogen and oxygen atoms in total. The monoisotopic (exact) mass is 368 g/mol. The van der Waals surface area contributed by atoms with Crippen LogP contribution in [0.3, 0.4) is 0 Å². The van der Waals surface area contributed by atoms with E-state index in [1.54, 1.807) is 54.6 Å². The number of nitrogens with one attached hydrogen (secondary N) is 2. The standard InChI is InChI=1S/C20H14ClFN2O2/c21-13-9-11-14(12-10-13)23-20(26)16-6-2-4-8-18(16)24-19(25)15-5-1-3-7-17(15)22/h1-12H,(H,23,26)(H,24,25). The first-order valence-corrected chi connectivity index (χ1v) is 8.14. The van der Waals surface area contributed by atoms with Crippen molar-refractivity contribution < 1.29 is 14.0 Å². The number of carbonyl (C=O) groups is 2. The third-order valence-electron chi connectivity index (χ3n) is 3.64. The molecule has 0 aliphatic carbocycles. The molecule has 0 aliphatic heterocycles. The van der Waals surface area contributed by atoms with Gasteiger partial charge in [-0.05, 0) is 48.5 Å². The van der Waals surface area contributed by atoms with Gasteiger partial charge in [-0.3, -0.25) is 9.59 Å². The van der Waals surface area contributed by atoms with E-state index in [-0.39, 0.29) is 16.8 Å². The lowest BCUT2D eigenvalue weighted by molar-refractivity contribution is 0.102. The van der Waals surface area contributed by atoms with Crippen molar-refractivity contribution in [2.24, 2.45) is 0 Å². The van der Waals surface area contributed by atoms with Crippen LogP contribution in [-0.2, 0) is 0 Å². The van der Waals surface area contributed by atoms with Gasteiger partial charge in [-0.25, -0.2) is 4.39 Å². The summed E-state index contributed by atoms with van der Waals surface area (Å²) < 4.78 is 13.8. The molecule has 6 heteroatoms. The molecular formula is C20H14ClFN2O2. The van der Waals surface area contributed by atoms with Crippen molar-refractivity contribution in [3.8, 4) is 0 Å². The molecule has 0 aliphatic rings. The quantitative estimate of drug-likeness (QED) is 0.682. The molecule has 0 unspecified atom stereocenters. The third-order valence-corrected chi connectivity index (χ3v) is 3.89. The molecule has 26 heavy (non-hydrogen) atoms. The van der Waals surface area contributed by atoms with Crippen LogP contribution in [0.15, 0.2) is 72.8 Å². The van der Waals surface area contributed by atoms with Crippen molar-refractivity contribution in [3.05, 3.63) is 94.8 Å². The first kappa shape index (κ1) is 17.6. The van der Waals surface area contributed by atoms with Gasteiger partial charge in [0, 0.05) is 10.7 Å². The second kappa shape index (κ2) is 7.80. The van der Waals surface area contributed by atoms with Crippen LogP contribution >= 0.6 is 11.6 Å². The zero-order valence-corrected chi connectivity index (χ0v) is 14.3. The van der Waals surface area contributed by atoms with E-state index in [2.05, 4.69) is 10.6 Å². The van der Waals surface area contributed by atoms with Crippen molar-refractivity contribution in [1.82, 2.24) is 0 Å². The summed E-state index contributed by atoms with van der Waals surface area (Å²) in [6.07, 6.45) is 0. The summed E-state index contributed by atoms with van der Waals surface area (Å²) in [5.41, 5.74) is 1.01. The van der Waals surface area contributed by atoms with Gasteiger partial charge in [-0.1, -0.05) is 35.9 Å². The van der Waals surface area contributed by atoms with Crippen LogP contribution < -0.4 is 10.6 Å². The maximum absolute atomic E-state index is 13.8. The maximum atomic E-state index is 13.8. The molecular weight excluding hydrogens is 355 g/mol. The number of hydrogen-bond acceptors (Lipinski definition) is 2. The Hall–Kier alpha value is -3.18. The van der Waals surface area contributed by atoms with Gasteiger partial charge in [0.2, 0.25) is 0 Å². The number of anilines is 2. The molecule has 130 valence electrons. The Morgan fingerprint density at radius 2 is 1.31 bits per heavy atom. The van der Waals surface area contributed by atoms with E-state index in [4.69, 9.17) is 11.6 Å². The normalized spacial score (nSPS) is 10.2. The Bertz CT molecular complexity index is 958. The molecule has 0 fully saturated rings. The van der Waals surface area contributed by atoms with E-state index in [1.807, 2.05) is 0 Å². The van der Waals surface area contributed by atoms with Gasteiger partial charge in [0.1, 0.15) is 5.82 Å². The predicted octanol–water partition coefficient (Wildman–Crippen LogP) is 4.98. The molecule has 0 radical (unpaired) electrons. The summed E-state index contributed by atoms with van der Waals surface area (Å²) in [4.78, 5) is 24.8. The van der Waals surface area contributed by atoms with Gasteiger partial charge in [-0.2, -0.15) is 0 Å².